The Kier molecular flexibility index (Phi) is 3.54. The molecule has 118 valence electrons. The van der Waals surface area contributed by atoms with Crippen molar-refractivity contribution in [1.82, 2.24) is 20.1 Å². The molecular weight excluding hydrogens is 285 g/mol. The van der Waals surface area contributed by atoms with E-state index in [0.29, 0.717) is 4.68 Å². The monoisotopic (exact) mass is 304 g/mol. The first-order valence-corrected chi connectivity index (χ1v) is 6.68. The van der Waals surface area contributed by atoms with Crippen molar-refractivity contribution in [3.63, 3.8) is 0 Å². The highest BCUT2D eigenvalue weighted by atomic mass is 19.4. The average molecular weight is 304 g/mol. The van der Waals surface area contributed by atoms with Crippen molar-refractivity contribution in [3.8, 4) is 0 Å². The van der Waals surface area contributed by atoms with E-state index in [4.69, 9.17) is 0 Å². The Balaban J connectivity index is 2.03. The van der Waals surface area contributed by atoms with E-state index in [0.717, 1.165) is 12.7 Å². The molecule has 1 unspecified atom stereocenters. The third kappa shape index (κ3) is 2.63. The molecule has 1 N–H and O–H groups in total. The molecule has 1 aliphatic carbocycles. The molecule has 1 aromatic rings. The van der Waals surface area contributed by atoms with Crippen molar-refractivity contribution in [2.45, 2.75) is 39.9 Å². The lowest BCUT2D eigenvalue weighted by atomic mass is 10.0. The van der Waals surface area contributed by atoms with E-state index in [2.05, 4.69) is 15.4 Å². The predicted molar refractivity (Wildman–Crippen MR) is 69.2 cm³/mol. The number of hydrogen-bond acceptors (Lipinski definition) is 3. The molecule has 1 heterocycles. The Morgan fingerprint density at radius 2 is 1.90 bits per heavy atom. The minimum atomic E-state index is -4.50. The summed E-state index contributed by atoms with van der Waals surface area (Å²) in [6.45, 7) is 7.21. The molecule has 1 atom stereocenters. The summed E-state index contributed by atoms with van der Waals surface area (Å²) in [5.74, 6) is -0.631. The Bertz CT molecular complexity index is 508. The van der Waals surface area contributed by atoms with E-state index < -0.39 is 18.8 Å². The van der Waals surface area contributed by atoms with Gasteiger partial charge in [0.05, 0.1) is 0 Å². The molecule has 8 heteroatoms. The van der Waals surface area contributed by atoms with Gasteiger partial charge in [0.2, 0.25) is 5.91 Å². The summed E-state index contributed by atoms with van der Waals surface area (Å²) in [5, 5.41) is 5.92. The van der Waals surface area contributed by atoms with Crippen LogP contribution in [0.15, 0.2) is 12.7 Å². The number of nitrogens with zero attached hydrogens (tertiary/aromatic N) is 3. The van der Waals surface area contributed by atoms with Gasteiger partial charge < -0.3 is 5.32 Å². The SMILES string of the molecule is CC1(C)C(C(=O)NCC(n2cncn2)C(F)(F)F)C1(C)C. The van der Waals surface area contributed by atoms with Gasteiger partial charge in [0.1, 0.15) is 12.7 Å². The van der Waals surface area contributed by atoms with Gasteiger partial charge in [-0.2, -0.15) is 18.3 Å². The zero-order valence-electron chi connectivity index (χ0n) is 12.4. The van der Waals surface area contributed by atoms with E-state index in [1.54, 1.807) is 0 Å². The predicted octanol–water partition coefficient (Wildman–Crippen LogP) is 2.18. The van der Waals surface area contributed by atoms with Gasteiger partial charge in [-0.25, -0.2) is 9.67 Å². The fourth-order valence-electron chi connectivity index (χ4n) is 2.89. The van der Waals surface area contributed by atoms with Crippen LogP contribution in [0.1, 0.15) is 33.7 Å². The third-order valence-electron chi connectivity index (χ3n) is 4.89. The van der Waals surface area contributed by atoms with Gasteiger partial charge in [-0.15, -0.1) is 0 Å². The maximum atomic E-state index is 13.0. The highest BCUT2D eigenvalue weighted by molar-refractivity contribution is 5.84. The maximum absolute atomic E-state index is 13.0. The van der Waals surface area contributed by atoms with Gasteiger partial charge in [0.25, 0.3) is 0 Å². The fourth-order valence-corrected chi connectivity index (χ4v) is 2.89. The lowest BCUT2D eigenvalue weighted by molar-refractivity contribution is -0.169. The van der Waals surface area contributed by atoms with Crippen LogP contribution in [0.25, 0.3) is 0 Å². The third-order valence-corrected chi connectivity index (χ3v) is 4.89. The molecule has 0 aliphatic heterocycles. The molecular formula is C13H19F3N4O. The van der Waals surface area contributed by atoms with Crippen LogP contribution < -0.4 is 5.32 Å². The van der Waals surface area contributed by atoms with Crippen molar-refractivity contribution in [2.24, 2.45) is 16.7 Å². The van der Waals surface area contributed by atoms with Gasteiger partial charge in [-0.05, 0) is 10.8 Å². The molecule has 0 aromatic carbocycles. The first-order valence-electron chi connectivity index (χ1n) is 6.68. The van der Waals surface area contributed by atoms with Crippen LogP contribution in [0.5, 0.6) is 0 Å². The Morgan fingerprint density at radius 1 is 1.33 bits per heavy atom. The molecule has 1 amide bonds. The van der Waals surface area contributed by atoms with Crippen LogP contribution in [-0.4, -0.2) is 33.4 Å². The Labute approximate surface area is 120 Å². The minimum absolute atomic E-state index is 0.210. The second kappa shape index (κ2) is 4.71. The first-order chi connectivity index (χ1) is 9.49. The van der Waals surface area contributed by atoms with Gasteiger partial charge in [-0.3, -0.25) is 4.79 Å². The lowest BCUT2D eigenvalue weighted by Gasteiger charge is -2.20. The topological polar surface area (TPSA) is 59.8 Å². The van der Waals surface area contributed by atoms with E-state index in [1.807, 2.05) is 27.7 Å². The van der Waals surface area contributed by atoms with Crippen LogP contribution in [0.4, 0.5) is 13.2 Å². The van der Waals surface area contributed by atoms with Gasteiger partial charge in [0.15, 0.2) is 6.04 Å². The van der Waals surface area contributed by atoms with Crippen LogP contribution in [-0.2, 0) is 4.79 Å². The average Bonchev–Trinajstić information content (AvgIpc) is 2.72. The van der Waals surface area contributed by atoms with Crippen LogP contribution >= 0.6 is 0 Å². The van der Waals surface area contributed by atoms with Crippen molar-refractivity contribution >= 4 is 5.91 Å². The highest BCUT2D eigenvalue weighted by Gasteiger charge is 2.68. The fraction of sp³-hybridized carbons (Fsp3) is 0.769. The van der Waals surface area contributed by atoms with Gasteiger partial charge >= 0.3 is 6.18 Å². The first kappa shape index (κ1) is 15.8. The number of amides is 1. The number of hydrogen-bond donors (Lipinski definition) is 1. The molecule has 0 radical (unpaired) electrons. The summed E-state index contributed by atoms with van der Waals surface area (Å²) < 4.78 is 39.8. The molecule has 1 saturated carbocycles. The second-order valence-corrected chi connectivity index (χ2v) is 6.55. The molecule has 0 spiro atoms. The number of rotatable bonds is 4. The largest absolute Gasteiger partial charge is 0.412 e. The number of nitrogens with one attached hydrogen (secondary N) is 1. The highest BCUT2D eigenvalue weighted by Crippen LogP contribution is 2.68. The zero-order chi connectivity index (χ0) is 16.1. The summed E-state index contributed by atoms with van der Waals surface area (Å²) in [6, 6.07) is -1.91. The number of carbonyl (C=O) groups is 1. The van der Waals surface area contributed by atoms with E-state index >= 15 is 0 Å². The Hall–Kier alpha value is -1.60. The standard InChI is InChI=1S/C13H19F3N4O/c1-11(2)9(12(11,3)4)10(21)18-5-8(13(14,15)16)20-7-17-6-19-20/h6-9H,5H2,1-4H3,(H,18,21). The lowest BCUT2D eigenvalue weighted by Crippen LogP contribution is -2.39. The minimum Gasteiger partial charge on any atom is -0.353 e. The summed E-state index contributed by atoms with van der Waals surface area (Å²) in [6.07, 6.45) is -2.47. The van der Waals surface area contributed by atoms with Crippen molar-refractivity contribution in [3.05, 3.63) is 12.7 Å². The second-order valence-electron chi connectivity index (χ2n) is 6.55. The number of aromatic nitrogens is 3. The normalized spacial score (nSPS) is 21.9. The number of alkyl halides is 3. The van der Waals surface area contributed by atoms with E-state index in [-0.39, 0.29) is 22.7 Å². The zero-order valence-corrected chi connectivity index (χ0v) is 12.4. The molecule has 1 fully saturated rings. The molecule has 5 nitrogen and oxygen atoms in total. The maximum Gasteiger partial charge on any atom is 0.412 e. The summed E-state index contributed by atoms with van der Waals surface area (Å²) in [7, 11) is 0. The van der Waals surface area contributed by atoms with Crippen LogP contribution in [0.3, 0.4) is 0 Å². The summed E-state index contributed by atoms with van der Waals surface area (Å²) in [4.78, 5) is 15.6. The number of carbonyl (C=O) groups excluding carboxylic acids is 1. The van der Waals surface area contributed by atoms with Crippen molar-refractivity contribution in [2.75, 3.05) is 6.54 Å². The summed E-state index contributed by atoms with van der Waals surface area (Å²) in [5.41, 5.74) is -0.421. The molecule has 21 heavy (non-hydrogen) atoms. The Morgan fingerprint density at radius 3 is 2.29 bits per heavy atom. The molecule has 1 aliphatic rings. The quantitative estimate of drug-likeness (QED) is 0.927. The smallest absolute Gasteiger partial charge is 0.353 e. The molecule has 2 rings (SSSR count). The van der Waals surface area contributed by atoms with Crippen molar-refractivity contribution < 1.29 is 18.0 Å². The van der Waals surface area contributed by atoms with E-state index in [9.17, 15) is 18.0 Å². The van der Waals surface area contributed by atoms with Crippen molar-refractivity contribution in [1.29, 1.82) is 0 Å². The van der Waals surface area contributed by atoms with Crippen LogP contribution in [0.2, 0.25) is 0 Å². The molecule has 1 aromatic heterocycles. The van der Waals surface area contributed by atoms with Gasteiger partial charge in [0, 0.05) is 12.5 Å². The molecule has 0 bridgehead atoms. The van der Waals surface area contributed by atoms with Crippen LogP contribution in [0, 0.1) is 16.7 Å². The summed E-state index contributed by atoms with van der Waals surface area (Å²) >= 11 is 0. The molecule has 0 saturated heterocycles. The van der Waals surface area contributed by atoms with E-state index in [1.165, 1.54) is 0 Å². The van der Waals surface area contributed by atoms with Gasteiger partial charge in [-0.1, -0.05) is 27.7 Å². The number of halogens is 3.